The molecule has 2 aromatic carbocycles. The van der Waals surface area contributed by atoms with E-state index in [-0.39, 0.29) is 4.90 Å². The maximum atomic E-state index is 12.5. The second-order valence-electron chi connectivity index (χ2n) is 6.70. The van der Waals surface area contributed by atoms with E-state index in [0.29, 0.717) is 5.82 Å². The normalized spacial score (nSPS) is 13.9. The number of aryl methyl sites for hydroxylation is 2. The number of para-hydroxylation sites is 1. The number of hydrogen-bond acceptors (Lipinski definition) is 4. The lowest BCUT2D eigenvalue weighted by molar-refractivity contribution is 0.601. The molecule has 0 fully saturated rings. The van der Waals surface area contributed by atoms with Gasteiger partial charge in [-0.15, -0.1) is 0 Å². The smallest absolute Gasteiger partial charge is 0.263 e. The molecule has 0 aliphatic carbocycles. The molecule has 0 amide bonds. The standard InChI is InChI=1S/C21H21N3O2S/c1-16-8-11-19(12-9-16)27(25,26)23-21-13-10-18(15-22-21)24-14-4-6-17-5-2-3-7-20(17)24/h2-3,5,7-13,15H,4,6,14H2,1H3,(H,22,23). The molecule has 3 aromatic rings. The molecule has 27 heavy (non-hydrogen) atoms. The number of benzene rings is 2. The van der Waals surface area contributed by atoms with Crippen molar-refractivity contribution in [1.29, 1.82) is 0 Å². The molecule has 1 aliphatic heterocycles. The molecule has 0 saturated heterocycles. The summed E-state index contributed by atoms with van der Waals surface area (Å²) in [6, 6.07) is 18.7. The molecule has 0 saturated carbocycles. The van der Waals surface area contributed by atoms with Crippen molar-refractivity contribution < 1.29 is 8.42 Å². The largest absolute Gasteiger partial charge is 0.340 e. The fourth-order valence-electron chi connectivity index (χ4n) is 3.32. The van der Waals surface area contributed by atoms with Gasteiger partial charge in [-0.1, -0.05) is 35.9 Å². The molecule has 1 aromatic heterocycles. The lowest BCUT2D eigenvalue weighted by Crippen LogP contribution is -2.24. The molecule has 1 aliphatic rings. The van der Waals surface area contributed by atoms with Gasteiger partial charge in [0.05, 0.1) is 16.8 Å². The van der Waals surface area contributed by atoms with Crippen LogP contribution in [0.4, 0.5) is 17.2 Å². The third-order valence-electron chi connectivity index (χ3n) is 4.74. The fraction of sp³-hybridized carbons (Fsp3) is 0.190. The summed E-state index contributed by atoms with van der Waals surface area (Å²) in [5.41, 5.74) is 4.49. The van der Waals surface area contributed by atoms with E-state index in [1.54, 1.807) is 36.5 Å². The van der Waals surface area contributed by atoms with Gasteiger partial charge in [0.15, 0.2) is 0 Å². The van der Waals surface area contributed by atoms with E-state index >= 15 is 0 Å². The number of pyridine rings is 1. The highest BCUT2D eigenvalue weighted by Gasteiger charge is 2.19. The van der Waals surface area contributed by atoms with E-state index in [4.69, 9.17) is 0 Å². The summed E-state index contributed by atoms with van der Waals surface area (Å²) in [6.07, 6.45) is 3.88. The molecule has 0 radical (unpaired) electrons. The van der Waals surface area contributed by atoms with E-state index in [2.05, 4.69) is 32.8 Å². The lowest BCUT2D eigenvalue weighted by Gasteiger charge is -2.31. The highest BCUT2D eigenvalue weighted by Crippen LogP contribution is 2.33. The Morgan fingerprint density at radius 3 is 2.52 bits per heavy atom. The number of aromatic nitrogens is 1. The zero-order valence-corrected chi connectivity index (χ0v) is 15.9. The molecule has 0 bridgehead atoms. The van der Waals surface area contributed by atoms with E-state index in [1.807, 2.05) is 19.1 Å². The van der Waals surface area contributed by atoms with Gasteiger partial charge in [0.2, 0.25) is 0 Å². The predicted molar refractivity (Wildman–Crippen MR) is 108 cm³/mol. The molecule has 0 atom stereocenters. The van der Waals surface area contributed by atoms with E-state index in [0.717, 1.165) is 30.6 Å². The third kappa shape index (κ3) is 3.66. The zero-order valence-electron chi connectivity index (χ0n) is 15.1. The second-order valence-corrected chi connectivity index (χ2v) is 8.39. The van der Waals surface area contributed by atoms with Crippen molar-refractivity contribution in [3.63, 3.8) is 0 Å². The average Bonchev–Trinajstić information content (AvgIpc) is 2.68. The molecular formula is C21H21N3O2S. The second kappa shape index (κ2) is 7.04. The molecule has 4 rings (SSSR count). The quantitative estimate of drug-likeness (QED) is 0.735. The van der Waals surface area contributed by atoms with Gasteiger partial charge >= 0.3 is 0 Å². The Labute approximate surface area is 159 Å². The number of fused-ring (bicyclic) bond motifs is 1. The summed E-state index contributed by atoms with van der Waals surface area (Å²) >= 11 is 0. The Bertz CT molecular complexity index is 1050. The van der Waals surface area contributed by atoms with Crippen LogP contribution in [0.2, 0.25) is 0 Å². The van der Waals surface area contributed by atoms with Crippen LogP contribution >= 0.6 is 0 Å². The summed E-state index contributed by atoms with van der Waals surface area (Å²) in [5.74, 6) is 0.310. The maximum Gasteiger partial charge on any atom is 0.263 e. The highest BCUT2D eigenvalue weighted by molar-refractivity contribution is 7.92. The number of sulfonamides is 1. The van der Waals surface area contributed by atoms with Crippen LogP contribution in [-0.4, -0.2) is 19.9 Å². The van der Waals surface area contributed by atoms with Crippen LogP contribution in [0.5, 0.6) is 0 Å². The summed E-state index contributed by atoms with van der Waals surface area (Å²) in [4.78, 5) is 6.78. The van der Waals surface area contributed by atoms with Gasteiger partial charge in [0, 0.05) is 12.2 Å². The first-order valence-corrected chi connectivity index (χ1v) is 10.4. The van der Waals surface area contributed by atoms with Gasteiger partial charge in [-0.2, -0.15) is 0 Å². The zero-order chi connectivity index (χ0) is 18.9. The number of nitrogens with one attached hydrogen (secondary N) is 1. The van der Waals surface area contributed by atoms with Gasteiger partial charge in [-0.25, -0.2) is 13.4 Å². The Morgan fingerprint density at radius 2 is 1.78 bits per heavy atom. The van der Waals surface area contributed by atoms with Crippen molar-refractivity contribution in [3.05, 3.63) is 78.0 Å². The molecule has 6 heteroatoms. The Hall–Kier alpha value is -2.86. The van der Waals surface area contributed by atoms with Crippen molar-refractivity contribution in [3.8, 4) is 0 Å². The predicted octanol–water partition coefficient (Wildman–Crippen LogP) is 4.28. The van der Waals surface area contributed by atoms with Gasteiger partial charge in [0.25, 0.3) is 10.0 Å². The third-order valence-corrected chi connectivity index (χ3v) is 6.11. The lowest BCUT2D eigenvalue weighted by atomic mass is 10.0. The fourth-order valence-corrected chi connectivity index (χ4v) is 4.33. The van der Waals surface area contributed by atoms with E-state index < -0.39 is 10.0 Å². The molecule has 1 N–H and O–H groups in total. The van der Waals surface area contributed by atoms with Crippen LogP contribution in [0, 0.1) is 6.92 Å². The minimum absolute atomic E-state index is 0.226. The van der Waals surface area contributed by atoms with Crippen LogP contribution in [0.3, 0.4) is 0 Å². The number of hydrogen-bond donors (Lipinski definition) is 1. The minimum atomic E-state index is -3.64. The van der Waals surface area contributed by atoms with Gasteiger partial charge in [-0.3, -0.25) is 4.72 Å². The van der Waals surface area contributed by atoms with Crippen LogP contribution in [0.25, 0.3) is 0 Å². The Balaban J connectivity index is 1.56. The van der Waals surface area contributed by atoms with E-state index in [1.165, 1.54) is 11.3 Å². The maximum absolute atomic E-state index is 12.5. The van der Waals surface area contributed by atoms with Crippen LogP contribution in [0.1, 0.15) is 17.5 Å². The van der Waals surface area contributed by atoms with Crippen molar-refractivity contribution in [2.75, 3.05) is 16.2 Å². The van der Waals surface area contributed by atoms with Crippen molar-refractivity contribution in [2.24, 2.45) is 0 Å². The first-order chi connectivity index (χ1) is 13.0. The van der Waals surface area contributed by atoms with Crippen molar-refractivity contribution in [1.82, 2.24) is 4.98 Å². The average molecular weight is 379 g/mol. The number of rotatable bonds is 4. The summed E-state index contributed by atoms with van der Waals surface area (Å²) < 4.78 is 27.5. The summed E-state index contributed by atoms with van der Waals surface area (Å²) in [7, 11) is -3.64. The molecular weight excluding hydrogens is 358 g/mol. The molecule has 0 spiro atoms. The van der Waals surface area contributed by atoms with Gasteiger partial charge < -0.3 is 4.90 Å². The molecule has 138 valence electrons. The summed E-state index contributed by atoms with van der Waals surface area (Å²) in [5, 5.41) is 0. The van der Waals surface area contributed by atoms with E-state index in [9.17, 15) is 8.42 Å². The Kier molecular flexibility index (Phi) is 4.58. The monoisotopic (exact) mass is 379 g/mol. The molecule has 5 nitrogen and oxygen atoms in total. The minimum Gasteiger partial charge on any atom is -0.340 e. The number of nitrogens with zero attached hydrogens (tertiary/aromatic N) is 2. The summed E-state index contributed by atoms with van der Waals surface area (Å²) in [6.45, 7) is 2.84. The number of anilines is 3. The Morgan fingerprint density at radius 1 is 1.00 bits per heavy atom. The SMILES string of the molecule is Cc1ccc(S(=O)(=O)Nc2ccc(N3CCCc4ccccc43)cn2)cc1. The van der Waals surface area contributed by atoms with Crippen molar-refractivity contribution in [2.45, 2.75) is 24.7 Å². The highest BCUT2D eigenvalue weighted by atomic mass is 32.2. The van der Waals surface area contributed by atoms with Crippen LogP contribution in [-0.2, 0) is 16.4 Å². The van der Waals surface area contributed by atoms with Gasteiger partial charge in [-0.05, 0) is 55.7 Å². The molecule has 2 heterocycles. The molecule has 0 unspecified atom stereocenters. The van der Waals surface area contributed by atoms with Crippen LogP contribution < -0.4 is 9.62 Å². The van der Waals surface area contributed by atoms with Gasteiger partial charge in [0.1, 0.15) is 5.82 Å². The topological polar surface area (TPSA) is 62.3 Å². The van der Waals surface area contributed by atoms with Crippen LogP contribution in [0.15, 0.2) is 71.8 Å². The van der Waals surface area contributed by atoms with Crippen molar-refractivity contribution >= 4 is 27.2 Å². The first-order valence-electron chi connectivity index (χ1n) is 8.94. The first kappa shape index (κ1) is 17.5.